The summed E-state index contributed by atoms with van der Waals surface area (Å²) in [6.45, 7) is 4.96. The molecule has 4 nitrogen and oxygen atoms in total. The van der Waals surface area contributed by atoms with Crippen LogP contribution in [0.15, 0.2) is 0 Å². The molecule has 0 aromatic heterocycles. The van der Waals surface area contributed by atoms with Crippen molar-refractivity contribution < 1.29 is 14.6 Å². The zero-order chi connectivity index (χ0) is 14.4. The fraction of sp³-hybridized carbons (Fsp3) is 1.00. The van der Waals surface area contributed by atoms with Crippen LogP contribution < -0.4 is 0 Å². The summed E-state index contributed by atoms with van der Waals surface area (Å²) in [4.78, 5) is 2.31. The summed E-state index contributed by atoms with van der Waals surface area (Å²) in [7, 11) is 2.13. The first-order chi connectivity index (χ1) is 9.65. The molecule has 1 aliphatic carbocycles. The van der Waals surface area contributed by atoms with Crippen LogP contribution in [0.4, 0.5) is 0 Å². The summed E-state index contributed by atoms with van der Waals surface area (Å²) < 4.78 is 11.1. The van der Waals surface area contributed by atoms with E-state index in [1.165, 1.54) is 25.7 Å². The van der Waals surface area contributed by atoms with Crippen LogP contribution in [-0.2, 0) is 9.47 Å². The lowest BCUT2D eigenvalue weighted by molar-refractivity contribution is -0.0276. The van der Waals surface area contributed by atoms with E-state index in [4.69, 9.17) is 9.47 Å². The third-order valence-corrected chi connectivity index (χ3v) is 4.75. The molecule has 0 bridgehead atoms. The standard InChI is InChI=1S/C16H31NO3/c1-13-5-7-14(8-6-13)17(2)10-15(18)11-19-12-16-4-3-9-20-16/h13-16,18H,3-12H2,1-2H3. The zero-order valence-corrected chi connectivity index (χ0v) is 13.1. The maximum Gasteiger partial charge on any atom is 0.0900 e. The van der Waals surface area contributed by atoms with Gasteiger partial charge in [-0.15, -0.1) is 0 Å². The van der Waals surface area contributed by atoms with E-state index in [2.05, 4.69) is 18.9 Å². The maximum absolute atomic E-state index is 10.1. The van der Waals surface area contributed by atoms with Gasteiger partial charge in [0, 0.05) is 19.2 Å². The molecule has 0 aromatic carbocycles. The molecule has 1 heterocycles. The van der Waals surface area contributed by atoms with E-state index < -0.39 is 0 Å². The van der Waals surface area contributed by atoms with Gasteiger partial charge in [-0.25, -0.2) is 0 Å². The SMILES string of the molecule is CC1CCC(N(C)CC(O)COCC2CCCO2)CC1. The molecule has 2 unspecified atom stereocenters. The first-order valence-electron chi connectivity index (χ1n) is 8.22. The van der Waals surface area contributed by atoms with Crippen molar-refractivity contribution in [2.75, 3.05) is 33.4 Å². The third kappa shape index (κ3) is 5.32. The molecule has 2 aliphatic rings. The largest absolute Gasteiger partial charge is 0.389 e. The van der Waals surface area contributed by atoms with Crippen molar-refractivity contribution in [3.63, 3.8) is 0 Å². The predicted octanol–water partition coefficient (Wildman–Crippen LogP) is 2.05. The van der Waals surface area contributed by atoms with Gasteiger partial charge in [0.2, 0.25) is 0 Å². The molecular weight excluding hydrogens is 254 g/mol. The average molecular weight is 285 g/mol. The second kappa shape index (κ2) is 8.32. The van der Waals surface area contributed by atoms with Crippen LogP contribution in [0, 0.1) is 5.92 Å². The normalized spacial score (nSPS) is 32.7. The van der Waals surface area contributed by atoms with Crippen molar-refractivity contribution in [3.8, 4) is 0 Å². The van der Waals surface area contributed by atoms with Gasteiger partial charge >= 0.3 is 0 Å². The third-order valence-electron chi connectivity index (χ3n) is 4.75. The molecule has 1 N–H and O–H groups in total. The van der Waals surface area contributed by atoms with E-state index in [1.807, 2.05) is 0 Å². The van der Waals surface area contributed by atoms with Gasteiger partial charge in [0.05, 0.1) is 25.4 Å². The number of ether oxygens (including phenoxy) is 2. The Hall–Kier alpha value is -0.160. The number of hydrogen-bond donors (Lipinski definition) is 1. The minimum absolute atomic E-state index is 0.250. The maximum atomic E-state index is 10.1. The Labute approximate surface area is 123 Å². The second-order valence-electron chi connectivity index (χ2n) is 6.68. The molecule has 2 rings (SSSR count). The molecular formula is C16H31NO3. The van der Waals surface area contributed by atoms with Gasteiger partial charge in [-0.2, -0.15) is 0 Å². The predicted molar refractivity (Wildman–Crippen MR) is 79.8 cm³/mol. The van der Waals surface area contributed by atoms with E-state index in [-0.39, 0.29) is 12.2 Å². The number of nitrogens with zero attached hydrogens (tertiary/aromatic N) is 1. The van der Waals surface area contributed by atoms with E-state index in [0.717, 1.165) is 25.4 Å². The average Bonchev–Trinajstić information content (AvgIpc) is 2.92. The minimum atomic E-state index is -0.388. The zero-order valence-electron chi connectivity index (χ0n) is 13.1. The smallest absolute Gasteiger partial charge is 0.0900 e. The van der Waals surface area contributed by atoms with Crippen LogP contribution in [0.5, 0.6) is 0 Å². The summed E-state index contributed by atoms with van der Waals surface area (Å²) in [5.41, 5.74) is 0. The summed E-state index contributed by atoms with van der Waals surface area (Å²) in [5.74, 6) is 0.874. The Kier molecular flexibility index (Phi) is 6.75. The van der Waals surface area contributed by atoms with Crippen molar-refractivity contribution >= 4 is 0 Å². The Morgan fingerprint density at radius 1 is 1.25 bits per heavy atom. The van der Waals surface area contributed by atoms with Crippen LogP contribution in [0.1, 0.15) is 45.4 Å². The fourth-order valence-corrected chi connectivity index (χ4v) is 3.33. The van der Waals surface area contributed by atoms with Gasteiger partial charge in [-0.05, 0) is 51.5 Å². The van der Waals surface area contributed by atoms with Gasteiger partial charge in [0.25, 0.3) is 0 Å². The second-order valence-corrected chi connectivity index (χ2v) is 6.68. The van der Waals surface area contributed by atoms with Crippen LogP contribution >= 0.6 is 0 Å². The quantitative estimate of drug-likeness (QED) is 0.777. The number of hydrogen-bond acceptors (Lipinski definition) is 4. The Morgan fingerprint density at radius 3 is 2.65 bits per heavy atom. The first-order valence-corrected chi connectivity index (χ1v) is 8.22. The van der Waals surface area contributed by atoms with Gasteiger partial charge < -0.3 is 19.5 Å². The van der Waals surface area contributed by atoms with Crippen LogP contribution in [0.3, 0.4) is 0 Å². The van der Waals surface area contributed by atoms with Crippen molar-refractivity contribution in [3.05, 3.63) is 0 Å². The van der Waals surface area contributed by atoms with Crippen LogP contribution in [0.2, 0.25) is 0 Å². The molecule has 0 radical (unpaired) electrons. The highest BCUT2D eigenvalue weighted by atomic mass is 16.5. The van der Waals surface area contributed by atoms with Crippen molar-refractivity contribution in [2.24, 2.45) is 5.92 Å². The van der Waals surface area contributed by atoms with E-state index in [9.17, 15) is 5.11 Å². The topological polar surface area (TPSA) is 41.9 Å². The highest BCUT2D eigenvalue weighted by Crippen LogP contribution is 2.26. The lowest BCUT2D eigenvalue weighted by Gasteiger charge is -2.34. The Morgan fingerprint density at radius 2 is 2.00 bits per heavy atom. The lowest BCUT2D eigenvalue weighted by atomic mass is 9.87. The lowest BCUT2D eigenvalue weighted by Crippen LogP contribution is -2.41. The summed E-state index contributed by atoms with van der Waals surface area (Å²) in [5, 5.41) is 10.1. The number of aliphatic hydroxyl groups is 1. The molecule has 20 heavy (non-hydrogen) atoms. The van der Waals surface area contributed by atoms with Gasteiger partial charge in [-0.1, -0.05) is 6.92 Å². The summed E-state index contributed by atoms with van der Waals surface area (Å²) in [6, 6.07) is 0.638. The molecule has 118 valence electrons. The molecule has 1 saturated carbocycles. The highest BCUT2D eigenvalue weighted by Gasteiger charge is 2.23. The van der Waals surface area contributed by atoms with Gasteiger partial charge in [0.1, 0.15) is 0 Å². The molecule has 1 aliphatic heterocycles. The van der Waals surface area contributed by atoms with E-state index in [0.29, 0.717) is 25.8 Å². The molecule has 2 atom stereocenters. The number of aliphatic hydroxyl groups excluding tert-OH is 1. The fourth-order valence-electron chi connectivity index (χ4n) is 3.33. The molecule has 0 amide bonds. The van der Waals surface area contributed by atoms with Crippen LogP contribution in [-0.4, -0.2) is 61.7 Å². The summed E-state index contributed by atoms with van der Waals surface area (Å²) in [6.07, 6.45) is 7.26. The van der Waals surface area contributed by atoms with Crippen molar-refractivity contribution in [1.82, 2.24) is 4.90 Å². The summed E-state index contributed by atoms with van der Waals surface area (Å²) >= 11 is 0. The number of likely N-dealkylation sites (N-methyl/N-ethyl adjacent to an activating group) is 1. The molecule has 1 saturated heterocycles. The van der Waals surface area contributed by atoms with Gasteiger partial charge in [0.15, 0.2) is 0 Å². The highest BCUT2D eigenvalue weighted by molar-refractivity contribution is 4.78. The molecule has 4 heteroatoms. The van der Waals surface area contributed by atoms with Crippen LogP contribution in [0.25, 0.3) is 0 Å². The van der Waals surface area contributed by atoms with Crippen molar-refractivity contribution in [2.45, 2.75) is 63.7 Å². The Balaban J connectivity index is 1.57. The first kappa shape index (κ1) is 16.2. The Bertz CT molecular complexity index is 260. The monoisotopic (exact) mass is 285 g/mol. The molecule has 0 aromatic rings. The number of rotatable bonds is 7. The molecule has 2 fully saturated rings. The van der Waals surface area contributed by atoms with E-state index in [1.54, 1.807) is 0 Å². The van der Waals surface area contributed by atoms with Crippen molar-refractivity contribution in [1.29, 1.82) is 0 Å². The van der Waals surface area contributed by atoms with E-state index >= 15 is 0 Å². The minimum Gasteiger partial charge on any atom is -0.389 e. The van der Waals surface area contributed by atoms with Gasteiger partial charge in [-0.3, -0.25) is 0 Å². The molecule has 0 spiro atoms.